The van der Waals surface area contributed by atoms with Crippen molar-refractivity contribution in [2.24, 2.45) is 0 Å². The largest absolute Gasteiger partial charge is 0.299 e. The highest BCUT2D eigenvalue weighted by Gasteiger charge is 2.15. The lowest BCUT2D eigenvalue weighted by Gasteiger charge is -2.29. The van der Waals surface area contributed by atoms with Gasteiger partial charge >= 0.3 is 0 Å². The third kappa shape index (κ3) is 1.98. The maximum absolute atomic E-state index is 2.49. The summed E-state index contributed by atoms with van der Waals surface area (Å²) in [5.41, 5.74) is 3.06. The molecule has 0 atom stereocenters. The molecule has 1 nitrogen and oxygen atoms in total. The van der Waals surface area contributed by atoms with E-state index in [-0.39, 0.29) is 0 Å². The Kier molecular flexibility index (Phi) is 3.54. The normalized spacial score (nSPS) is 26.9. The molecule has 0 saturated carbocycles. The Morgan fingerprint density at radius 1 is 1.25 bits per heavy atom. The van der Waals surface area contributed by atoms with Crippen LogP contribution in [0.4, 0.5) is 0 Å². The van der Waals surface area contributed by atoms with E-state index in [1.54, 1.807) is 5.57 Å². The molecule has 1 aliphatic heterocycles. The van der Waals surface area contributed by atoms with Gasteiger partial charge in [-0.05, 0) is 38.0 Å². The topological polar surface area (TPSA) is 3.24 Å². The lowest BCUT2D eigenvalue weighted by Crippen LogP contribution is -2.31. The molecule has 0 aliphatic carbocycles. The number of piperidine rings is 1. The number of nitrogens with zero attached hydrogens (tertiary/aromatic N) is 1. The molecule has 68 valence electrons. The Balaban J connectivity index is 2.67. The van der Waals surface area contributed by atoms with Gasteiger partial charge in [0, 0.05) is 13.1 Å². The van der Waals surface area contributed by atoms with Crippen LogP contribution in [0.1, 0.15) is 27.2 Å². The second kappa shape index (κ2) is 4.46. The third-order valence-electron chi connectivity index (χ3n) is 2.65. The highest BCUT2D eigenvalue weighted by molar-refractivity contribution is 5.33. The molecule has 1 saturated heterocycles. The van der Waals surface area contributed by atoms with Crippen LogP contribution in [0.3, 0.4) is 0 Å². The molecule has 0 radical (unpaired) electrons. The molecule has 0 unspecified atom stereocenters. The fourth-order valence-electron chi connectivity index (χ4n) is 1.74. The van der Waals surface area contributed by atoms with Crippen molar-refractivity contribution in [3.63, 3.8) is 0 Å². The standard InChI is InChI=1S/C11H19N/c1-4-10-7-8-12(6-3)9-11(10)5-2/h4-5H,6-9H2,1-3H3/b10-4-,11-5-. The number of allylic oxidation sites excluding steroid dienone is 2. The van der Waals surface area contributed by atoms with Gasteiger partial charge in [0.05, 0.1) is 0 Å². The predicted molar refractivity (Wildman–Crippen MR) is 54.2 cm³/mol. The molecule has 0 bridgehead atoms. The van der Waals surface area contributed by atoms with Crippen molar-refractivity contribution in [3.8, 4) is 0 Å². The van der Waals surface area contributed by atoms with E-state index in [0.717, 1.165) is 6.54 Å². The smallest absolute Gasteiger partial charge is 0.0233 e. The zero-order valence-electron chi connectivity index (χ0n) is 8.43. The second-order valence-electron chi connectivity index (χ2n) is 3.25. The lowest BCUT2D eigenvalue weighted by atomic mass is 9.97. The van der Waals surface area contributed by atoms with Crippen LogP contribution < -0.4 is 0 Å². The van der Waals surface area contributed by atoms with E-state index in [9.17, 15) is 0 Å². The van der Waals surface area contributed by atoms with Crippen molar-refractivity contribution in [1.82, 2.24) is 4.90 Å². The first kappa shape index (κ1) is 9.53. The Labute approximate surface area is 75.8 Å². The van der Waals surface area contributed by atoms with Crippen LogP contribution in [0.5, 0.6) is 0 Å². The lowest BCUT2D eigenvalue weighted by molar-refractivity contribution is 0.300. The fourth-order valence-corrected chi connectivity index (χ4v) is 1.74. The van der Waals surface area contributed by atoms with Crippen molar-refractivity contribution in [2.75, 3.05) is 19.6 Å². The summed E-state index contributed by atoms with van der Waals surface area (Å²) in [7, 11) is 0. The minimum atomic E-state index is 1.15. The molecular weight excluding hydrogens is 146 g/mol. The van der Waals surface area contributed by atoms with Crippen LogP contribution in [0.15, 0.2) is 23.3 Å². The van der Waals surface area contributed by atoms with Crippen LogP contribution in [0, 0.1) is 0 Å². The van der Waals surface area contributed by atoms with E-state index in [1.807, 2.05) is 0 Å². The molecule has 0 aromatic rings. The van der Waals surface area contributed by atoms with Gasteiger partial charge in [-0.25, -0.2) is 0 Å². The third-order valence-corrected chi connectivity index (χ3v) is 2.65. The summed E-state index contributed by atoms with van der Waals surface area (Å²) in [6, 6.07) is 0. The van der Waals surface area contributed by atoms with E-state index in [2.05, 4.69) is 37.8 Å². The molecule has 1 heterocycles. The maximum atomic E-state index is 2.49. The van der Waals surface area contributed by atoms with E-state index in [4.69, 9.17) is 0 Å². The van der Waals surface area contributed by atoms with Crippen molar-refractivity contribution in [1.29, 1.82) is 0 Å². The molecule has 1 heteroatoms. The molecule has 1 rings (SSSR count). The van der Waals surface area contributed by atoms with E-state index in [0.29, 0.717) is 0 Å². The highest BCUT2D eigenvalue weighted by Crippen LogP contribution is 2.21. The van der Waals surface area contributed by atoms with Crippen LogP contribution in [0.25, 0.3) is 0 Å². The first-order valence-corrected chi connectivity index (χ1v) is 4.84. The Hall–Kier alpha value is -0.560. The van der Waals surface area contributed by atoms with Crippen LogP contribution >= 0.6 is 0 Å². The molecule has 12 heavy (non-hydrogen) atoms. The summed E-state index contributed by atoms with van der Waals surface area (Å²) in [5.74, 6) is 0. The molecule has 1 fully saturated rings. The molecule has 0 amide bonds. The van der Waals surface area contributed by atoms with Gasteiger partial charge in [-0.3, -0.25) is 4.90 Å². The van der Waals surface area contributed by atoms with Crippen LogP contribution in [0.2, 0.25) is 0 Å². The monoisotopic (exact) mass is 165 g/mol. The fraction of sp³-hybridized carbons (Fsp3) is 0.636. The summed E-state index contributed by atoms with van der Waals surface area (Å²) in [6.07, 6.45) is 5.73. The van der Waals surface area contributed by atoms with Crippen molar-refractivity contribution >= 4 is 0 Å². The zero-order valence-corrected chi connectivity index (χ0v) is 8.43. The molecular formula is C11H19N. The quantitative estimate of drug-likeness (QED) is 0.577. The Morgan fingerprint density at radius 2 is 1.92 bits per heavy atom. The van der Waals surface area contributed by atoms with Crippen molar-refractivity contribution < 1.29 is 0 Å². The summed E-state index contributed by atoms with van der Waals surface area (Å²) in [5, 5.41) is 0. The minimum absolute atomic E-state index is 1.15. The second-order valence-corrected chi connectivity index (χ2v) is 3.25. The van der Waals surface area contributed by atoms with Crippen molar-refractivity contribution in [3.05, 3.63) is 23.3 Å². The Bertz CT molecular complexity index is 201. The van der Waals surface area contributed by atoms with Crippen LogP contribution in [-0.4, -0.2) is 24.5 Å². The van der Waals surface area contributed by atoms with Crippen LogP contribution in [-0.2, 0) is 0 Å². The average Bonchev–Trinajstić information content (AvgIpc) is 2.16. The molecule has 1 aliphatic rings. The highest BCUT2D eigenvalue weighted by atomic mass is 15.1. The van der Waals surface area contributed by atoms with Gasteiger partial charge in [0.1, 0.15) is 0 Å². The Morgan fingerprint density at radius 3 is 2.42 bits per heavy atom. The number of likely N-dealkylation sites (N-methyl/N-ethyl adjacent to an activating group) is 1. The summed E-state index contributed by atoms with van der Waals surface area (Å²) in [4.78, 5) is 2.49. The maximum Gasteiger partial charge on any atom is 0.0233 e. The zero-order chi connectivity index (χ0) is 8.97. The number of likely N-dealkylation sites (tertiary alicyclic amines) is 1. The average molecular weight is 165 g/mol. The minimum Gasteiger partial charge on any atom is -0.299 e. The van der Waals surface area contributed by atoms with Crippen molar-refractivity contribution in [2.45, 2.75) is 27.2 Å². The summed E-state index contributed by atoms with van der Waals surface area (Å²) >= 11 is 0. The summed E-state index contributed by atoms with van der Waals surface area (Å²) < 4.78 is 0. The van der Waals surface area contributed by atoms with E-state index < -0.39 is 0 Å². The number of hydrogen-bond donors (Lipinski definition) is 0. The first-order chi connectivity index (χ1) is 5.81. The predicted octanol–water partition coefficient (Wildman–Crippen LogP) is 2.60. The van der Waals surface area contributed by atoms with Gasteiger partial charge in [-0.1, -0.05) is 19.1 Å². The van der Waals surface area contributed by atoms with E-state index in [1.165, 1.54) is 25.1 Å². The van der Waals surface area contributed by atoms with E-state index >= 15 is 0 Å². The van der Waals surface area contributed by atoms with Gasteiger partial charge in [0.2, 0.25) is 0 Å². The number of rotatable bonds is 1. The number of hydrogen-bond acceptors (Lipinski definition) is 1. The molecule has 0 aromatic carbocycles. The van der Waals surface area contributed by atoms with Gasteiger partial charge in [-0.2, -0.15) is 0 Å². The molecule has 0 spiro atoms. The molecule has 0 aromatic heterocycles. The van der Waals surface area contributed by atoms with Gasteiger partial charge in [0.25, 0.3) is 0 Å². The first-order valence-electron chi connectivity index (χ1n) is 4.84. The molecule has 0 N–H and O–H groups in total. The van der Waals surface area contributed by atoms with Gasteiger partial charge in [-0.15, -0.1) is 0 Å². The van der Waals surface area contributed by atoms with Gasteiger partial charge < -0.3 is 0 Å². The summed E-state index contributed by atoms with van der Waals surface area (Å²) in [6.45, 7) is 10.1. The SMILES string of the molecule is C/C=C1/CCN(CC)C/C1=C/C. The van der Waals surface area contributed by atoms with Gasteiger partial charge in [0.15, 0.2) is 0 Å².